The fourth-order valence-corrected chi connectivity index (χ4v) is 13.2. The molecule has 0 rings (SSSR count). The largest absolute Gasteiger partial charge is 0.472 e. The topological polar surface area (TPSA) is 237 Å². The van der Waals surface area contributed by atoms with Gasteiger partial charge >= 0.3 is 39.5 Å². The zero-order valence-corrected chi connectivity index (χ0v) is 63.8. The van der Waals surface area contributed by atoms with Crippen LogP contribution in [0, 0.1) is 11.8 Å². The van der Waals surface area contributed by atoms with Crippen molar-refractivity contribution in [3.63, 3.8) is 0 Å². The highest BCUT2D eigenvalue weighted by Crippen LogP contribution is 2.45. The summed E-state index contributed by atoms with van der Waals surface area (Å²) in [5.41, 5.74) is 0. The summed E-state index contributed by atoms with van der Waals surface area (Å²) < 4.78 is 68.5. The number of aliphatic hydroxyl groups is 1. The molecule has 0 saturated heterocycles. The van der Waals surface area contributed by atoms with Crippen LogP contribution in [0.5, 0.6) is 0 Å². The van der Waals surface area contributed by atoms with Crippen LogP contribution in [-0.4, -0.2) is 96.7 Å². The number of rotatable bonds is 75. The Morgan fingerprint density at radius 1 is 0.284 bits per heavy atom. The molecule has 0 fully saturated rings. The van der Waals surface area contributed by atoms with Crippen LogP contribution in [0.2, 0.25) is 0 Å². The predicted molar refractivity (Wildman–Crippen MR) is 386 cm³/mol. The quantitative estimate of drug-likeness (QED) is 0.0222. The van der Waals surface area contributed by atoms with Crippen LogP contribution in [0.15, 0.2) is 0 Å². The first kappa shape index (κ1) is 93.1. The van der Waals surface area contributed by atoms with Gasteiger partial charge in [-0.3, -0.25) is 37.3 Å². The fraction of sp³-hybridized carbons (Fsp3) is 0.947. The van der Waals surface area contributed by atoms with Crippen molar-refractivity contribution < 1.29 is 80.2 Å². The van der Waals surface area contributed by atoms with E-state index in [2.05, 4.69) is 41.5 Å². The summed E-state index contributed by atoms with van der Waals surface area (Å²) in [5.74, 6) is -0.620. The van der Waals surface area contributed by atoms with Gasteiger partial charge < -0.3 is 33.8 Å². The molecular formula is C76H148O17P2. The first-order valence-electron chi connectivity index (χ1n) is 39.5. The Morgan fingerprint density at radius 3 is 0.716 bits per heavy atom. The number of carbonyl (C=O) groups excluding carboxylic acids is 4. The van der Waals surface area contributed by atoms with Crippen LogP contribution in [-0.2, 0) is 65.4 Å². The lowest BCUT2D eigenvalue weighted by molar-refractivity contribution is -0.161. The van der Waals surface area contributed by atoms with Crippen molar-refractivity contribution >= 4 is 39.5 Å². The molecule has 0 saturated carbocycles. The number of carbonyl (C=O) groups is 4. The number of phosphoric acid groups is 2. The van der Waals surface area contributed by atoms with Crippen LogP contribution in [0.1, 0.15) is 395 Å². The van der Waals surface area contributed by atoms with Gasteiger partial charge in [-0.25, -0.2) is 9.13 Å². The van der Waals surface area contributed by atoms with E-state index in [1.807, 2.05) is 0 Å². The van der Waals surface area contributed by atoms with Gasteiger partial charge in [0.15, 0.2) is 12.2 Å². The second-order valence-electron chi connectivity index (χ2n) is 28.3. The van der Waals surface area contributed by atoms with Gasteiger partial charge in [0.1, 0.15) is 19.3 Å². The molecular weight excluding hydrogens is 1250 g/mol. The number of unbranched alkanes of at least 4 members (excludes halogenated alkanes) is 45. The lowest BCUT2D eigenvalue weighted by atomic mass is 10.0. The maximum absolute atomic E-state index is 13.1. The number of hydrogen-bond donors (Lipinski definition) is 3. The molecule has 0 spiro atoms. The molecule has 19 heteroatoms. The van der Waals surface area contributed by atoms with Crippen molar-refractivity contribution in [2.24, 2.45) is 11.8 Å². The van der Waals surface area contributed by atoms with Crippen molar-refractivity contribution in [1.29, 1.82) is 0 Å². The van der Waals surface area contributed by atoms with Crippen molar-refractivity contribution in [2.45, 2.75) is 413 Å². The van der Waals surface area contributed by atoms with E-state index >= 15 is 0 Å². The van der Waals surface area contributed by atoms with Gasteiger partial charge in [-0.05, 0) is 37.5 Å². The Labute approximate surface area is 581 Å². The van der Waals surface area contributed by atoms with Gasteiger partial charge in [0.2, 0.25) is 0 Å². The highest BCUT2D eigenvalue weighted by molar-refractivity contribution is 7.47. The molecule has 0 amide bonds. The normalized spacial score (nSPS) is 14.0. The summed E-state index contributed by atoms with van der Waals surface area (Å²) in [5, 5.41) is 10.6. The minimum absolute atomic E-state index is 0.106. The van der Waals surface area contributed by atoms with Gasteiger partial charge in [-0.1, -0.05) is 343 Å². The number of phosphoric ester groups is 2. The molecule has 0 aromatic carbocycles. The molecule has 0 aliphatic rings. The highest BCUT2D eigenvalue weighted by Gasteiger charge is 2.30. The molecule has 0 aliphatic heterocycles. The second kappa shape index (κ2) is 67.9. The number of esters is 4. The third kappa shape index (κ3) is 70.3. The second-order valence-corrected chi connectivity index (χ2v) is 31.3. The van der Waals surface area contributed by atoms with Crippen LogP contribution in [0.4, 0.5) is 0 Å². The van der Waals surface area contributed by atoms with E-state index in [1.54, 1.807) is 0 Å². The van der Waals surface area contributed by atoms with E-state index in [4.69, 9.17) is 37.0 Å². The average Bonchev–Trinajstić information content (AvgIpc) is 1.34. The maximum atomic E-state index is 13.1. The Hall–Kier alpha value is -1.94. The van der Waals surface area contributed by atoms with Gasteiger partial charge in [0, 0.05) is 25.7 Å². The molecule has 95 heavy (non-hydrogen) atoms. The molecule has 3 N–H and O–H groups in total. The van der Waals surface area contributed by atoms with Crippen LogP contribution < -0.4 is 0 Å². The highest BCUT2D eigenvalue weighted by atomic mass is 31.2. The average molecular weight is 1400 g/mol. The Balaban J connectivity index is 5.24. The van der Waals surface area contributed by atoms with Crippen LogP contribution in [0.3, 0.4) is 0 Å². The maximum Gasteiger partial charge on any atom is 0.472 e. The fourth-order valence-electron chi connectivity index (χ4n) is 11.7. The van der Waals surface area contributed by atoms with Gasteiger partial charge in [0.25, 0.3) is 0 Å². The van der Waals surface area contributed by atoms with Crippen LogP contribution >= 0.6 is 15.6 Å². The zero-order chi connectivity index (χ0) is 70.0. The minimum atomic E-state index is -4.96. The third-order valence-electron chi connectivity index (χ3n) is 17.7. The zero-order valence-electron chi connectivity index (χ0n) is 62.0. The molecule has 0 aliphatic carbocycles. The lowest BCUT2D eigenvalue weighted by Gasteiger charge is -2.21. The van der Waals surface area contributed by atoms with Gasteiger partial charge in [0.05, 0.1) is 26.4 Å². The molecule has 0 heterocycles. The predicted octanol–water partition coefficient (Wildman–Crippen LogP) is 22.3. The molecule has 2 unspecified atom stereocenters. The van der Waals surface area contributed by atoms with Gasteiger partial charge in [-0.2, -0.15) is 0 Å². The lowest BCUT2D eigenvalue weighted by Crippen LogP contribution is -2.30. The monoisotopic (exact) mass is 1400 g/mol. The van der Waals surface area contributed by atoms with E-state index in [0.717, 1.165) is 102 Å². The molecule has 17 nitrogen and oxygen atoms in total. The summed E-state index contributed by atoms with van der Waals surface area (Å²) in [6.45, 7) is 9.57. The molecule has 0 radical (unpaired) electrons. The summed E-state index contributed by atoms with van der Waals surface area (Å²) in [4.78, 5) is 72.8. The molecule has 0 bridgehead atoms. The van der Waals surface area contributed by atoms with E-state index in [1.165, 1.54) is 212 Å². The third-order valence-corrected chi connectivity index (χ3v) is 19.6. The van der Waals surface area contributed by atoms with E-state index in [-0.39, 0.29) is 25.7 Å². The number of hydrogen-bond acceptors (Lipinski definition) is 15. The Bertz CT molecular complexity index is 1840. The molecule has 0 aromatic rings. The summed E-state index contributed by atoms with van der Waals surface area (Å²) in [6, 6.07) is 0. The summed E-state index contributed by atoms with van der Waals surface area (Å²) in [7, 11) is -9.91. The van der Waals surface area contributed by atoms with Crippen molar-refractivity contribution in [1.82, 2.24) is 0 Å². The van der Waals surface area contributed by atoms with E-state index in [9.17, 15) is 43.2 Å². The standard InChI is InChI=1S/C76H148O17P2/c1-7-9-11-13-15-17-19-21-22-23-24-25-26-28-36-42-48-54-60-75(80)92-71(64-87-74(79)59-53-47-41-35-30-29-32-38-44-50-56-68(3)4)66-90-94(82,83)88-62-70(77)63-89-95(84,85)91-67-72(93-76(81)61-55-49-43-37-31-33-39-45-51-57-69(5)6)65-86-73(78)58-52-46-40-34-27-20-18-16-14-12-10-8-2/h68-72,77H,7-67H2,1-6H3,(H,82,83)(H,84,85)/t70-,71-,72-/m1/s1. The Kier molecular flexibility index (Phi) is 66.5. The summed E-state index contributed by atoms with van der Waals surface area (Å²) in [6.07, 6.45) is 55.4. The molecule has 5 atom stereocenters. The Morgan fingerprint density at radius 2 is 0.484 bits per heavy atom. The van der Waals surface area contributed by atoms with Gasteiger partial charge in [-0.15, -0.1) is 0 Å². The number of ether oxygens (including phenoxy) is 4. The first-order valence-corrected chi connectivity index (χ1v) is 42.5. The molecule has 564 valence electrons. The van der Waals surface area contributed by atoms with E-state index < -0.39 is 97.5 Å². The number of aliphatic hydroxyl groups excluding tert-OH is 1. The van der Waals surface area contributed by atoms with E-state index in [0.29, 0.717) is 25.7 Å². The van der Waals surface area contributed by atoms with Crippen molar-refractivity contribution in [3.05, 3.63) is 0 Å². The summed E-state index contributed by atoms with van der Waals surface area (Å²) >= 11 is 0. The first-order chi connectivity index (χ1) is 45.9. The van der Waals surface area contributed by atoms with Crippen molar-refractivity contribution in [3.8, 4) is 0 Å². The smallest absolute Gasteiger partial charge is 0.462 e. The van der Waals surface area contributed by atoms with Crippen LogP contribution in [0.25, 0.3) is 0 Å². The SMILES string of the molecule is CCCCCCCCCCCCCCCCCCCCC(=O)O[C@H](COC(=O)CCCCCCCCCCCCC(C)C)COP(=O)(O)OC[C@@H](O)COP(=O)(O)OC[C@@H](COC(=O)CCCCCCCCCCCCCC)OC(=O)CCCCCCCCCCCC(C)C. The minimum Gasteiger partial charge on any atom is -0.462 e. The molecule has 0 aromatic heterocycles. The van der Waals surface area contributed by atoms with Crippen molar-refractivity contribution in [2.75, 3.05) is 39.6 Å².